The maximum absolute atomic E-state index is 6.66. The molecule has 1 aliphatic carbocycles. The zero-order valence-corrected chi connectivity index (χ0v) is 11.8. The molecule has 2 N–H and O–H groups in total. The van der Waals surface area contributed by atoms with Crippen LogP contribution in [0.3, 0.4) is 0 Å². The van der Waals surface area contributed by atoms with Crippen molar-refractivity contribution in [3.63, 3.8) is 0 Å². The predicted molar refractivity (Wildman–Crippen MR) is 79.0 cm³/mol. The van der Waals surface area contributed by atoms with Gasteiger partial charge in [0.05, 0.1) is 0 Å². The third kappa shape index (κ3) is 2.75. The van der Waals surface area contributed by atoms with Crippen LogP contribution in [-0.4, -0.2) is 10.8 Å². The van der Waals surface area contributed by atoms with Crippen molar-refractivity contribution in [3.8, 4) is 0 Å². The molecule has 0 radical (unpaired) electrons. The molecule has 0 amide bonds. The molecule has 1 saturated carbocycles. The summed E-state index contributed by atoms with van der Waals surface area (Å²) in [6, 6.07) is 8.85. The molecule has 1 nitrogen and oxygen atoms in total. The number of rotatable bonds is 2. The first kappa shape index (κ1) is 12.6. The van der Waals surface area contributed by atoms with Crippen molar-refractivity contribution in [2.75, 3.05) is 0 Å². The van der Waals surface area contributed by atoms with E-state index < -0.39 is 0 Å². The number of thioether (sulfide) groups is 1. The van der Waals surface area contributed by atoms with Crippen LogP contribution in [-0.2, 0) is 6.42 Å². The van der Waals surface area contributed by atoms with Gasteiger partial charge in [0.15, 0.2) is 0 Å². The van der Waals surface area contributed by atoms with Crippen LogP contribution in [0.15, 0.2) is 29.2 Å². The third-order valence-electron chi connectivity index (χ3n) is 4.45. The van der Waals surface area contributed by atoms with Gasteiger partial charge in [-0.15, -0.1) is 11.8 Å². The first-order valence-electron chi connectivity index (χ1n) is 7.29. The summed E-state index contributed by atoms with van der Waals surface area (Å²) in [5.74, 6) is 0. The minimum Gasteiger partial charge on any atom is -0.325 e. The second-order valence-electron chi connectivity index (χ2n) is 6.03. The summed E-state index contributed by atoms with van der Waals surface area (Å²) in [5.41, 5.74) is 8.31. The molecular weight excluding hydrogens is 238 g/mol. The Morgan fingerprint density at radius 1 is 1.11 bits per heavy atom. The smallest absolute Gasteiger partial charge is 0.0165 e. The molecule has 1 heterocycles. The largest absolute Gasteiger partial charge is 0.325 e. The Bertz CT molecular complexity index is 382. The average molecular weight is 261 g/mol. The lowest BCUT2D eigenvalue weighted by Crippen LogP contribution is -2.41. The third-order valence-corrected chi connectivity index (χ3v) is 5.77. The van der Waals surface area contributed by atoms with Crippen LogP contribution >= 0.6 is 11.8 Å². The zero-order chi connectivity index (χ0) is 12.4. The molecule has 0 saturated heterocycles. The van der Waals surface area contributed by atoms with E-state index in [1.807, 2.05) is 0 Å². The van der Waals surface area contributed by atoms with Gasteiger partial charge in [-0.2, -0.15) is 0 Å². The summed E-state index contributed by atoms with van der Waals surface area (Å²) in [4.78, 5) is 1.49. The summed E-state index contributed by atoms with van der Waals surface area (Å²) >= 11 is 2.06. The van der Waals surface area contributed by atoms with Gasteiger partial charge in [-0.05, 0) is 37.3 Å². The van der Waals surface area contributed by atoms with Crippen molar-refractivity contribution in [3.05, 3.63) is 29.8 Å². The Hall–Kier alpha value is -0.470. The molecule has 18 heavy (non-hydrogen) atoms. The van der Waals surface area contributed by atoms with Crippen molar-refractivity contribution in [1.29, 1.82) is 0 Å². The normalized spacial score (nSPS) is 26.6. The minimum atomic E-state index is 0.121. The fourth-order valence-electron chi connectivity index (χ4n) is 3.46. The standard InChI is InChI=1S/C16H23NS/c17-16(9-5-1-2-6-10-16)12-14-11-13-7-3-4-8-15(13)18-14/h3-4,7-8,14H,1-2,5-6,9-12,17H2. The Balaban J connectivity index is 1.64. The van der Waals surface area contributed by atoms with Gasteiger partial charge in [0.25, 0.3) is 0 Å². The lowest BCUT2D eigenvalue weighted by Gasteiger charge is -2.30. The van der Waals surface area contributed by atoms with E-state index in [0.717, 1.165) is 0 Å². The molecule has 98 valence electrons. The number of hydrogen-bond donors (Lipinski definition) is 1. The predicted octanol–water partition coefficient (Wildman–Crippen LogP) is 4.15. The average Bonchev–Trinajstić information content (AvgIpc) is 2.63. The SMILES string of the molecule is NC1(CC2Cc3ccccc3S2)CCCCCC1. The minimum absolute atomic E-state index is 0.121. The molecule has 0 aromatic heterocycles. The summed E-state index contributed by atoms with van der Waals surface area (Å²) in [7, 11) is 0. The molecule has 1 unspecified atom stereocenters. The molecule has 3 rings (SSSR count). The van der Waals surface area contributed by atoms with Gasteiger partial charge in [-0.3, -0.25) is 0 Å². The molecule has 0 spiro atoms. The van der Waals surface area contributed by atoms with Crippen LogP contribution in [0, 0.1) is 0 Å². The molecule has 0 bridgehead atoms. The molecule has 1 fully saturated rings. The Morgan fingerprint density at radius 2 is 1.83 bits per heavy atom. The molecule has 1 atom stereocenters. The van der Waals surface area contributed by atoms with Crippen LogP contribution in [0.25, 0.3) is 0 Å². The zero-order valence-electron chi connectivity index (χ0n) is 11.0. The van der Waals surface area contributed by atoms with Gasteiger partial charge >= 0.3 is 0 Å². The lowest BCUT2D eigenvalue weighted by atomic mass is 9.85. The maximum Gasteiger partial charge on any atom is 0.0165 e. The highest BCUT2D eigenvalue weighted by atomic mass is 32.2. The number of hydrogen-bond acceptors (Lipinski definition) is 2. The molecular formula is C16H23NS. The monoisotopic (exact) mass is 261 g/mol. The fourth-order valence-corrected chi connectivity index (χ4v) is 4.96. The molecule has 2 aliphatic rings. The second-order valence-corrected chi connectivity index (χ2v) is 7.37. The van der Waals surface area contributed by atoms with Crippen molar-refractivity contribution in [2.24, 2.45) is 5.73 Å². The fraction of sp³-hybridized carbons (Fsp3) is 0.625. The molecule has 1 aliphatic heterocycles. The highest BCUT2D eigenvalue weighted by Gasteiger charge is 2.32. The van der Waals surface area contributed by atoms with E-state index in [4.69, 9.17) is 5.73 Å². The van der Waals surface area contributed by atoms with Gasteiger partial charge in [0.2, 0.25) is 0 Å². The lowest BCUT2D eigenvalue weighted by molar-refractivity contribution is 0.342. The van der Waals surface area contributed by atoms with E-state index in [1.54, 1.807) is 0 Å². The van der Waals surface area contributed by atoms with Crippen molar-refractivity contribution >= 4 is 11.8 Å². The summed E-state index contributed by atoms with van der Waals surface area (Å²) < 4.78 is 0. The van der Waals surface area contributed by atoms with Crippen LogP contribution in [0.1, 0.15) is 50.5 Å². The Labute approximate surface area is 115 Å². The van der Waals surface area contributed by atoms with Gasteiger partial charge in [-0.25, -0.2) is 0 Å². The van der Waals surface area contributed by atoms with E-state index in [0.29, 0.717) is 5.25 Å². The van der Waals surface area contributed by atoms with E-state index in [1.165, 1.54) is 61.8 Å². The van der Waals surface area contributed by atoms with Crippen molar-refractivity contribution in [2.45, 2.75) is 67.1 Å². The van der Waals surface area contributed by atoms with Gasteiger partial charge < -0.3 is 5.73 Å². The van der Waals surface area contributed by atoms with Crippen LogP contribution in [0.2, 0.25) is 0 Å². The van der Waals surface area contributed by atoms with Crippen LogP contribution < -0.4 is 5.73 Å². The highest BCUT2D eigenvalue weighted by Crippen LogP contribution is 2.42. The van der Waals surface area contributed by atoms with Gasteiger partial charge in [-0.1, -0.05) is 43.9 Å². The van der Waals surface area contributed by atoms with E-state index >= 15 is 0 Å². The second kappa shape index (κ2) is 5.26. The maximum atomic E-state index is 6.66. The number of benzene rings is 1. The first-order chi connectivity index (χ1) is 8.75. The molecule has 2 heteroatoms. The Kier molecular flexibility index (Phi) is 3.67. The molecule has 1 aromatic rings. The van der Waals surface area contributed by atoms with Crippen molar-refractivity contribution in [1.82, 2.24) is 0 Å². The van der Waals surface area contributed by atoms with E-state index in [-0.39, 0.29) is 5.54 Å². The first-order valence-corrected chi connectivity index (χ1v) is 8.17. The van der Waals surface area contributed by atoms with Crippen molar-refractivity contribution < 1.29 is 0 Å². The van der Waals surface area contributed by atoms with Crippen LogP contribution in [0.4, 0.5) is 0 Å². The molecule has 1 aromatic carbocycles. The van der Waals surface area contributed by atoms with Gasteiger partial charge in [0, 0.05) is 15.7 Å². The van der Waals surface area contributed by atoms with E-state index in [9.17, 15) is 0 Å². The summed E-state index contributed by atoms with van der Waals surface area (Å²) in [5, 5.41) is 0.713. The van der Waals surface area contributed by atoms with E-state index in [2.05, 4.69) is 36.0 Å². The highest BCUT2D eigenvalue weighted by molar-refractivity contribution is 8.00. The summed E-state index contributed by atoms with van der Waals surface area (Å²) in [6.45, 7) is 0. The summed E-state index contributed by atoms with van der Waals surface area (Å²) in [6.07, 6.45) is 10.3. The van der Waals surface area contributed by atoms with Crippen LogP contribution in [0.5, 0.6) is 0 Å². The van der Waals surface area contributed by atoms with Gasteiger partial charge in [0.1, 0.15) is 0 Å². The quantitative estimate of drug-likeness (QED) is 0.810. The Morgan fingerprint density at radius 3 is 2.56 bits per heavy atom. The number of nitrogens with two attached hydrogens (primary N) is 1. The topological polar surface area (TPSA) is 26.0 Å². The number of fused-ring (bicyclic) bond motifs is 1.